The average molecular weight is 277 g/mol. The molecule has 0 aromatic heterocycles. The fourth-order valence-corrected chi connectivity index (χ4v) is 1.91. The van der Waals surface area contributed by atoms with Gasteiger partial charge in [0.1, 0.15) is 0 Å². The van der Waals surface area contributed by atoms with Gasteiger partial charge in [-0.2, -0.15) is 0 Å². The van der Waals surface area contributed by atoms with E-state index >= 15 is 0 Å². The van der Waals surface area contributed by atoms with Crippen LogP contribution in [0.15, 0.2) is 24.3 Å². The van der Waals surface area contributed by atoms with Gasteiger partial charge in [0.15, 0.2) is 0 Å². The Morgan fingerprint density at radius 3 is 2.25 bits per heavy atom. The van der Waals surface area contributed by atoms with Crippen molar-refractivity contribution < 1.29 is 9.59 Å². The van der Waals surface area contributed by atoms with E-state index in [1.807, 2.05) is 0 Å². The molecule has 0 heterocycles. The Kier molecular flexibility index (Phi) is 7.35. The molecule has 0 fully saturated rings. The van der Waals surface area contributed by atoms with E-state index in [0.29, 0.717) is 13.0 Å². The number of nitrogens with one attached hydrogen (secondary N) is 1. The van der Waals surface area contributed by atoms with Crippen LogP contribution in [0.4, 0.5) is 5.69 Å². The number of nitrogens with two attached hydrogens (primary N) is 2. The van der Waals surface area contributed by atoms with E-state index in [2.05, 4.69) is 5.32 Å². The predicted octanol–water partition coefficient (Wildman–Crippen LogP) is 1.56. The number of unbranched alkanes of at least 4 members (excludes halogenated alkanes) is 3. The number of hydrogen-bond donors (Lipinski definition) is 3. The minimum Gasteiger partial charge on any atom is -0.369 e. The molecule has 5 nitrogen and oxygen atoms in total. The number of carbonyl (C=O) groups is 2. The lowest BCUT2D eigenvalue weighted by molar-refractivity contribution is -0.117. The van der Waals surface area contributed by atoms with Gasteiger partial charge in [0, 0.05) is 12.1 Å². The highest BCUT2D eigenvalue weighted by atomic mass is 16.1. The second-order valence-electron chi connectivity index (χ2n) is 4.84. The van der Waals surface area contributed by atoms with Gasteiger partial charge in [0.25, 0.3) is 0 Å². The van der Waals surface area contributed by atoms with Crippen molar-refractivity contribution in [2.45, 2.75) is 38.5 Å². The molecule has 0 aliphatic rings. The van der Waals surface area contributed by atoms with Gasteiger partial charge in [-0.3, -0.25) is 9.59 Å². The van der Waals surface area contributed by atoms with Gasteiger partial charge in [-0.05, 0) is 37.1 Å². The highest BCUT2D eigenvalue weighted by Crippen LogP contribution is 2.11. The standard InChI is InChI=1S/C15H23N3O2/c16-10-4-2-1-3-5-15(20)18-13-8-6-12(7-9-13)11-14(17)19/h6-9H,1-5,10-11,16H2,(H2,17,19)(H,18,20). The average Bonchev–Trinajstić information content (AvgIpc) is 2.40. The molecule has 0 unspecified atom stereocenters. The Bertz CT molecular complexity index is 429. The third-order valence-electron chi connectivity index (χ3n) is 2.97. The molecule has 110 valence electrons. The minimum absolute atomic E-state index is 0.0143. The topological polar surface area (TPSA) is 98.2 Å². The molecular formula is C15H23N3O2. The first-order valence-electron chi connectivity index (χ1n) is 6.99. The zero-order valence-corrected chi connectivity index (χ0v) is 11.7. The van der Waals surface area contributed by atoms with Crippen LogP contribution in [0.3, 0.4) is 0 Å². The van der Waals surface area contributed by atoms with Crippen LogP contribution in [0.2, 0.25) is 0 Å². The molecular weight excluding hydrogens is 254 g/mol. The quantitative estimate of drug-likeness (QED) is 0.597. The summed E-state index contributed by atoms with van der Waals surface area (Å²) in [5.74, 6) is -0.348. The second kappa shape index (κ2) is 9.09. The van der Waals surface area contributed by atoms with Crippen molar-refractivity contribution in [2.24, 2.45) is 11.5 Å². The molecule has 5 heteroatoms. The Hall–Kier alpha value is -1.88. The largest absolute Gasteiger partial charge is 0.369 e. The Labute approximate surface area is 119 Å². The summed E-state index contributed by atoms with van der Waals surface area (Å²) in [5.41, 5.74) is 12.1. The molecule has 5 N–H and O–H groups in total. The molecule has 0 saturated carbocycles. The summed E-state index contributed by atoms with van der Waals surface area (Å²) >= 11 is 0. The summed E-state index contributed by atoms with van der Waals surface area (Å²) in [6.07, 6.45) is 4.74. The van der Waals surface area contributed by atoms with Crippen molar-refractivity contribution in [3.63, 3.8) is 0 Å². The number of rotatable bonds is 9. The van der Waals surface area contributed by atoms with Crippen molar-refractivity contribution >= 4 is 17.5 Å². The Morgan fingerprint density at radius 2 is 1.65 bits per heavy atom. The van der Waals surface area contributed by atoms with Gasteiger partial charge in [-0.25, -0.2) is 0 Å². The van der Waals surface area contributed by atoms with E-state index < -0.39 is 0 Å². The lowest BCUT2D eigenvalue weighted by Gasteiger charge is -2.06. The number of primary amides is 1. The number of hydrogen-bond acceptors (Lipinski definition) is 3. The van der Waals surface area contributed by atoms with E-state index in [-0.39, 0.29) is 18.2 Å². The van der Waals surface area contributed by atoms with Gasteiger partial charge < -0.3 is 16.8 Å². The van der Waals surface area contributed by atoms with Crippen molar-refractivity contribution in [3.8, 4) is 0 Å². The van der Waals surface area contributed by atoms with Crippen LogP contribution in [-0.4, -0.2) is 18.4 Å². The summed E-state index contributed by atoms with van der Waals surface area (Å²) < 4.78 is 0. The normalized spacial score (nSPS) is 10.2. The monoisotopic (exact) mass is 277 g/mol. The van der Waals surface area contributed by atoms with E-state index in [9.17, 15) is 9.59 Å². The summed E-state index contributed by atoms with van der Waals surface area (Å²) in [5, 5.41) is 2.83. The van der Waals surface area contributed by atoms with E-state index in [1.54, 1.807) is 24.3 Å². The van der Waals surface area contributed by atoms with Crippen molar-refractivity contribution in [2.75, 3.05) is 11.9 Å². The number of amides is 2. The van der Waals surface area contributed by atoms with Crippen LogP contribution < -0.4 is 16.8 Å². The van der Waals surface area contributed by atoms with Crippen LogP contribution in [-0.2, 0) is 16.0 Å². The summed E-state index contributed by atoms with van der Waals surface area (Å²) in [6, 6.07) is 7.15. The van der Waals surface area contributed by atoms with E-state index in [1.165, 1.54) is 0 Å². The van der Waals surface area contributed by atoms with Gasteiger partial charge in [-0.15, -0.1) is 0 Å². The molecule has 20 heavy (non-hydrogen) atoms. The molecule has 0 atom stereocenters. The Morgan fingerprint density at radius 1 is 1.00 bits per heavy atom. The molecule has 1 aromatic rings. The summed E-state index contributed by atoms with van der Waals surface area (Å²) in [4.78, 5) is 22.5. The molecule has 1 aromatic carbocycles. The molecule has 0 radical (unpaired) electrons. The molecule has 0 spiro atoms. The van der Waals surface area contributed by atoms with Crippen molar-refractivity contribution in [3.05, 3.63) is 29.8 Å². The molecule has 0 bridgehead atoms. The van der Waals surface area contributed by atoms with Crippen LogP contribution in [0.5, 0.6) is 0 Å². The number of carbonyl (C=O) groups excluding carboxylic acids is 2. The second-order valence-corrected chi connectivity index (χ2v) is 4.84. The molecule has 1 rings (SSSR count). The molecule has 2 amide bonds. The zero-order valence-electron chi connectivity index (χ0n) is 11.7. The molecule has 0 aliphatic heterocycles. The first kappa shape index (κ1) is 16.2. The van der Waals surface area contributed by atoms with Crippen LogP contribution in [0.1, 0.15) is 37.7 Å². The lowest BCUT2D eigenvalue weighted by Crippen LogP contribution is -2.14. The first-order valence-corrected chi connectivity index (χ1v) is 6.99. The minimum atomic E-state index is -0.362. The maximum Gasteiger partial charge on any atom is 0.224 e. The van der Waals surface area contributed by atoms with Crippen molar-refractivity contribution in [1.82, 2.24) is 0 Å². The third-order valence-corrected chi connectivity index (χ3v) is 2.97. The van der Waals surface area contributed by atoms with E-state index in [0.717, 1.165) is 36.9 Å². The third kappa shape index (κ3) is 6.89. The maximum atomic E-state index is 11.7. The van der Waals surface area contributed by atoms with Gasteiger partial charge >= 0.3 is 0 Å². The van der Waals surface area contributed by atoms with Crippen LogP contribution in [0.25, 0.3) is 0 Å². The fourth-order valence-electron chi connectivity index (χ4n) is 1.91. The zero-order chi connectivity index (χ0) is 14.8. The molecule has 0 aliphatic carbocycles. The fraction of sp³-hybridized carbons (Fsp3) is 0.467. The SMILES string of the molecule is NCCCCCCC(=O)Nc1ccc(CC(N)=O)cc1. The number of anilines is 1. The summed E-state index contributed by atoms with van der Waals surface area (Å²) in [6.45, 7) is 0.712. The van der Waals surface area contributed by atoms with Crippen LogP contribution >= 0.6 is 0 Å². The highest BCUT2D eigenvalue weighted by Gasteiger charge is 2.03. The predicted molar refractivity (Wildman–Crippen MR) is 80.1 cm³/mol. The summed E-state index contributed by atoms with van der Waals surface area (Å²) in [7, 11) is 0. The molecule has 0 saturated heterocycles. The first-order chi connectivity index (χ1) is 9.61. The highest BCUT2D eigenvalue weighted by molar-refractivity contribution is 5.90. The lowest BCUT2D eigenvalue weighted by atomic mass is 10.1. The van der Waals surface area contributed by atoms with Crippen LogP contribution in [0, 0.1) is 0 Å². The van der Waals surface area contributed by atoms with Crippen molar-refractivity contribution in [1.29, 1.82) is 0 Å². The Balaban J connectivity index is 2.29. The van der Waals surface area contributed by atoms with Gasteiger partial charge in [-0.1, -0.05) is 25.0 Å². The van der Waals surface area contributed by atoms with Gasteiger partial charge in [0.05, 0.1) is 6.42 Å². The number of benzene rings is 1. The smallest absolute Gasteiger partial charge is 0.224 e. The van der Waals surface area contributed by atoms with E-state index in [4.69, 9.17) is 11.5 Å². The van der Waals surface area contributed by atoms with Gasteiger partial charge in [0.2, 0.25) is 11.8 Å². The maximum absolute atomic E-state index is 11.7.